The lowest BCUT2D eigenvalue weighted by atomic mass is 10.2. The zero-order valence-corrected chi connectivity index (χ0v) is 17.5. The van der Waals surface area contributed by atoms with Crippen LogP contribution in [-0.4, -0.2) is 47.1 Å². The monoisotopic (exact) mass is 415 g/mol. The van der Waals surface area contributed by atoms with Gasteiger partial charge in [-0.05, 0) is 49.1 Å². The Morgan fingerprint density at radius 3 is 2.59 bits per heavy atom. The van der Waals surface area contributed by atoms with Crippen LogP contribution in [0.25, 0.3) is 10.7 Å². The minimum absolute atomic E-state index is 0.154. The minimum atomic E-state index is -0.277. The van der Waals surface area contributed by atoms with Crippen molar-refractivity contribution < 1.29 is 19.0 Å². The van der Waals surface area contributed by atoms with Crippen LogP contribution in [-0.2, 0) is 4.74 Å². The fraction of sp³-hybridized carbons (Fsp3) is 0.381. The first kappa shape index (κ1) is 21.0. The van der Waals surface area contributed by atoms with Crippen LogP contribution in [0, 0.1) is 0 Å². The first-order chi connectivity index (χ1) is 14.2. The molecule has 2 heterocycles. The third-order valence-electron chi connectivity index (χ3n) is 4.05. The molecule has 0 atom stereocenters. The van der Waals surface area contributed by atoms with E-state index in [9.17, 15) is 4.79 Å². The Hall–Kier alpha value is -2.71. The number of carbonyl (C=O) groups is 1. The second kappa shape index (κ2) is 10.7. The molecule has 0 aliphatic carbocycles. The normalized spacial score (nSPS) is 10.8. The molecule has 2 aromatic heterocycles. The molecule has 0 saturated heterocycles. The SMILES string of the molecule is CCCCOc1ccc(C(=O)n2nc(OCCOCC)nc2-c2cccs2)cc1. The van der Waals surface area contributed by atoms with Crippen LogP contribution in [0.2, 0.25) is 0 Å². The van der Waals surface area contributed by atoms with Crippen molar-refractivity contribution in [1.29, 1.82) is 0 Å². The molecule has 0 radical (unpaired) electrons. The van der Waals surface area contributed by atoms with E-state index in [1.807, 2.05) is 24.4 Å². The fourth-order valence-corrected chi connectivity index (χ4v) is 3.25. The number of aromatic nitrogens is 3. The van der Waals surface area contributed by atoms with Gasteiger partial charge in [-0.25, -0.2) is 0 Å². The summed E-state index contributed by atoms with van der Waals surface area (Å²) >= 11 is 1.49. The summed E-state index contributed by atoms with van der Waals surface area (Å²) in [6, 6.07) is 11.0. The zero-order chi connectivity index (χ0) is 20.5. The molecule has 0 aliphatic heterocycles. The lowest BCUT2D eigenvalue weighted by Crippen LogP contribution is -2.15. The highest BCUT2D eigenvalue weighted by Gasteiger charge is 2.20. The molecule has 1 aromatic carbocycles. The van der Waals surface area contributed by atoms with Crippen LogP contribution in [0.15, 0.2) is 41.8 Å². The molecule has 0 amide bonds. The van der Waals surface area contributed by atoms with E-state index < -0.39 is 0 Å². The Labute approximate surface area is 174 Å². The topological polar surface area (TPSA) is 75.5 Å². The van der Waals surface area contributed by atoms with Crippen molar-refractivity contribution in [3.63, 3.8) is 0 Å². The molecule has 0 saturated carbocycles. The highest BCUT2D eigenvalue weighted by atomic mass is 32.1. The summed E-state index contributed by atoms with van der Waals surface area (Å²) in [6.45, 7) is 6.07. The second-order valence-electron chi connectivity index (χ2n) is 6.18. The van der Waals surface area contributed by atoms with Gasteiger partial charge in [0.05, 0.1) is 18.1 Å². The first-order valence-corrected chi connectivity index (χ1v) is 10.6. The number of hydrogen-bond donors (Lipinski definition) is 0. The van der Waals surface area contributed by atoms with E-state index in [0.717, 1.165) is 23.5 Å². The molecule has 29 heavy (non-hydrogen) atoms. The van der Waals surface area contributed by atoms with Crippen molar-refractivity contribution in [1.82, 2.24) is 14.8 Å². The van der Waals surface area contributed by atoms with Crippen LogP contribution in [0.5, 0.6) is 11.8 Å². The van der Waals surface area contributed by atoms with Crippen LogP contribution < -0.4 is 9.47 Å². The minimum Gasteiger partial charge on any atom is -0.494 e. The van der Waals surface area contributed by atoms with E-state index in [4.69, 9.17) is 14.2 Å². The number of carbonyl (C=O) groups excluding carboxylic acids is 1. The summed E-state index contributed by atoms with van der Waals surface area (Å²) in [5, 5.41) is 6.20. The maximum Gasteiger partial charge on any atom is 0.336 e. The predicted molar refractivity (Wildman–Crippen MR) is 112 cm³/mol. The summed E-state index contributed by atoms with van der Waals surface area (Å²) in [6.07, 6.45) is 2.07. The van der Waals surface area contributed by atoms with Crippen LogP contribution in [0.1, 0.15) is 37.0 Å². The van der Waals surface area contributed by atoms with Crippen molar-refractivity contribution in [2.24, 2.45) is 0 Å². The Bertz CT molecular complexity index is 891. The van der Waals surface area contributed by atoms with Gasteiger partial charge in [-0.1, -0.05) is 19.4 Å². The quantitative estimate of drug-likeness (QED) is 0.435. The third kappa shape index (κ3) is 5.65. The lowest BCUT2D eigenvalue weighted by molar-refractivity contribution is 0.0938. The average Bonchev–Trinajstić information content (AvgIpc) is 3.41. The van der Waals surface area contributed by atoms with E-state index >= 15 is 0 Å². The number of thiophene rings is 1. The molecule has 0 aliphatic rings. The van der Waals surface area contributed by atoms with Crippen LogP contribution >= 0.6 is 11.3 Å². The van der Waals surface area contributed by atoms with E-state index in [1.165, 1.54) is 16.0 Å². The summed E-state index contributed by atoms with van der Waals surface area (Å²) in [4.78, 5) is 18.3. The molecule has 7 nitrogen and oxygen atoms in total. The molecule has 0 fully saturated rings. The molecule has 0 spiro atoms. The summed E-state index contributed by atoms with van der Waals surface area (Å²) in [7, 11) is 0. The van der Waals surface area contributed by atoms with Crippen molar-refractivity contribution in [3.05, 3.63) is 47.3 Å². The van der Waals surface area contributed by atoms with Crippen molar-refractivity contribution in [3.8, 4) is 22.5 Å². The largest absolute Gasteiger partial charge is 0.494 e. The molecule has 154 valence electrons. The van der Waals surface area contributed by atoms with Gasteiger partial charge in [0.1, 0.15) is 12.4 Å². The number of ether oxygens (including phenoxy) is 3. The van der Waals surface area contributed by atoms with Crippen LogP contribution in [0.3, 0.4) is 0 Å². The molecule has 8 heteroatoms. The summed E-state index contributed by atoms with van der Waals surface area (Å²) in [5.74, 6) is 0.923. The van der Waals surface area contributed by atoms with Gasteiger partial charge in [0, 0.05) is 12.2 Å². The lowest BCUT2D eigenvalue weighted by Gasteiger charge is -2.07. The standard InChI is InChI=1S/C21H25N3O4S/c1-3-5-12-27-17-10-8-16(9-11-17)20(25)24-19(18-7-6-15-29-18)22-21(23-24)28-14-13-26-4-2/h6-11,15H,3-5,12-14H2,1-2H3. The summed E-state index contributed by atoms with van der Waals surface area (Å²) in [5.41, 5.74) is 0.497. The predicted octanol–water partition coefficient (Wildman–Crippen LogP) is 4.29. The second-order valence-corrected chi connectivity index (χ2v) is 7.13. The van der Waals surface area contributed by atoms with E-state index in [-0.39, 0.29) is 11.9 Å². The number of hydrogen-bond acceptors (Lipinski definition) is 7. The fourth-order valence-electron chi connectivity index (χ4n) is 2.55. The maximum atomic E-state index is 13.1. The van der Waals surface area contributed by atoms with Gasteiger partial charge < -0.3 is 14.2 Å². The molecule has 3 aromatic rings. The van der Waals surface area contributed by atoms with Gasteiger partial charge in [-0.15, -0.1) is 16.4 Å². The molecular weight excluding hydrogens is 390 g/mol. The van der Waals surface area contributed by atoms with Gasteiger partial charge in [-0.2, -0.15) is 9.67 Å². The van der Waals surface area contributed by atoms with E-state index in [0.29, 0.717) is 37.8 Å². The van der Waals surface area contributed by atoms with Gasteiger partial charge in [0.15, 0.2) is 5.82 Å². The van der Waals surface area contributed by atoms with Crippen molar-refractivity contribution >= 4 is 17.2 Å². The molecule has 0 bridgehead atoms. The Morgan fingerprint density at radius 2 is 1.90 bits per heavy atom. The number of benzene rings is 1. The molecule has 0 unspecified atom stereocenters. The first-order valence-electron chi connectivity index (χ1n) is 9.72. The Balaban J connectivity index is 1.78. The zero-order valence-electron chi connectivity index (χ0n) is 16.7. The van der Waals surface area contributed by atoms with Gasteiger partial charge >= 0.3 is 6.01 Å². The highest BCUT2D eigenvalue weighted by molar-refractivity contribution is 7.13. The Morgan fingerprint density at radius 1 is 1.07 bits per heavy atom. The molecular formula is C21H25N3O4S. The van der Waals surface area contributed by atoms with Crippen molar-refractivity contribution in [2.75, 3.05) is 26.4 Å². The van der Waals surface area contributed by atoms with Gasteiger partial charge in [0.2, 0.25) is 0 Å². The summed E-state index contributed by atoms with van der Waals surface area (Å²) < 4.78 is 17.8. The third-order valence-corrected chi connectivity index (χ3v) is 4.92. The van der Waals surface area contributed by atoms with Crippen molar-refractivity contribution in [2.45, 2.75) is 26.7 Å². The van der Waals surface area contributed by atoms with E-state index in [2.05, 4.69) is 17.0 Å². The maximum absolute atomic E-state index is 13.1. The van der Waals surface area contributed by atoms with Gasteiger partial charge in [-0.3, -0.25) is 4.79 Å². The van der Waals surface area contributed by atoms with Crippen LogP contribution in [0.4, 0.5) is 0 Å². The van der Waals surface area contributed by atoms with E-state index in [1.54, 1.807) is 24.3 Å². The molecule has 3 rings (SSSR count). The number of nitrogens with zero attached hydrogens (tertiary/aromatic N) is 3. The smallest absolute Gasteiger partial charge is 0.336 e. The number of rotatable bonds is 11. The Kier molecular flexibility index (Phi) is 7.77. The molecule has 0 N–H and O–H groups in total. The van der Waals surface area contributed by atoms with Gasteiger partial charge in [0.25, 0.3) is 5.91 Å². The number of unbranched alkanes of at least 4 members (excludes halogenated alkanes) is 1. The highest BCUT2D eigenvalue weighted by Crippen LogP contribution is 2.26. The average molecular weight is 416 g/mol.